The minimum atomic E-state index is -3.49. The van der Waals surface area contributed by atoms with E-state index in [0.29, 0.717) is 24.3 Å². The van der Waals surface area contributed by atoms with Crippen molar-refractivity contribution in [1.29, 1.82) is 0 Å². The highest BCUT2D eigenvalue weighted by Gasteiger charge is 2.27. The lowest BCUT2D eigenvalue weighted by molar-refractivity contribution is 0.102. The number of nitrogens with one attached hydrogen (secondary N) is 1. The number of rotatable bonds is 4. The summed E-state index contributed by atoms with van der Waals surface area (Å²) in [7, 11) is -1.52. The predicted molar refractivity (Wildman–Crippen MR) is 89.4 cm³/mol. The molecule has 1 amide bonds. The number of sulfonamides is 1. The first-order chi connectivity index (χ1) is 11.5. The van der Waals surface area contributed by atoms with Crippen molar-refractivity contribution in [3.8, 4) is 0 Å². The second kappa shape index (κ2) is 6.76. The number of hydrogen-bond acceptors (Lipinski definition) is 5. The SMILES string of the molecule is CN1CCN(S(=O)(=O)c2ccc(NC(=O)c3ccoc3)cc2)CC1. The molecule has 3 rings (SSSR count). The third-order valence-electron chi connectivity index (χ3n) is 4.00. The number of benzene rings is 1. The van der Waals surface area contributed by atoms with Crippen molar-refractivity contribution in [3.63, 3.8) is 0 Å². The number of nitrogens with zero attached hydrogens (tertiary/aromatic N) is 2. The van der Waals surface area contributed by atoms with Gasteiger partial charge in [0.25, 0.3) is 5.91 Å². The van der Waals surface area contributed by atoms with Gasteiger partial charge in [-0.2, -0.15) is 4.31 Å². The van der Waals surface area contributed by atoms with Crippen LogP contribution < -0.4 is 5.32 Å². The lowest BCUT2D eigenvalue weighted by atomic mass is 10.3. The first-order valence-corrected chi connectivity index (χ1v) is 9.03. The Bertz CT molecular complexity index is 792. The average molecular weight is 349 g/mol. The smallest absolute Gasteiger partial charge is 0.258 e. The maximum atomic E-state index is 12.6. The van der Waals surface area contributed by atoms with Gasteiger partial charge in [-0.25, -0.2) is 8.42 Å². The number of hydrogen-bond donors (Lipinski definition) is 1. The van der Waals surface area contributed by atoms with Crippen LogP contribution in [0.2, 0.25) is 0 Å². The molecule has 0 aliphatic carbocycles. The first-order valence-electron chi connectivity index (χ1n) is 7.59. The molecule has 128 valence electrons. The van der Waals surface area contributed by atoms with Crippen molar-refractivity contribution in [1.82, 2.24) is 9.21 Å². The molecule has 2 aromatic rings. The molecule has 0 unspecified atom stereocenters. The maximum absolute atomic E-state index is 12.6. The zero-order chi connectivity index (χ0) is 17.2. The molecule has 1 saturated heterocycles. The summed E-state index contributed by atoms with van der Waals surface area (Å²) in [5.74, 6) is -0.307. The van der Waals surface area contributed by atoms with E-state index in [1.165, 1.54) is 29.0 Å². The van der Waals surface area contributed by atoms with E-state index in [1.54, 1.807) is 18.2 Å². The molecule has 1 aromatic carbocycles. The molecule has 8 heteroatoms. The minimum Gasteiger partial charge on any atom is -0.472 e. The van der Waals surface area contributed by atoms with Crippen molar-refractivity contribution in [3.05, 3.63) is 48.4 Å². The summed E-state index contributed by atoms with van der Waals surface area (Å²) >= 11 is 0. The summed E-state index contributed by atoms with van der Waals surface area (Å²) in [6.45, 7) is 2.41. The average Bonchev–Trinajstić information content (AvgIpc) is 3.10. The number of furan rings is 1. The molecule has 1 aliphatic heterocycles. The summed E-state index contributed by atoms with van der Waals surface area (Å²) in [5, 5.41) is 2.69. The quantitative estimate of drug-likeness (QED) is 0.904. The van der Waals surface area contributed by atoms with Gasteiger partial charge in [-0.05, 0) is 37.4 Å². The van der Waals surface area contributed by atoms with Crippen LogP contribution in [0.15, 0.2) is 52.2 Å². The third-order valence-corrected chi connectivity index (χ3v) is 5.91. The standard InChI is InChI=1S/C16H19N3O4S/c1-18-7-9-19(10-8-18)24(21,22)15-4-2-14(3-5-15)17-16(20)13-6-11-23-12-13/h2-6,11-12H,7-10H2,1H3,(H,17,20). The molecule has 1 fully saturated rings. The lowest BCUT2D eigenvalue weighted by Crippen LogP contribution is -2.46. The van der Waals surface area contributed by atoms with Crippen molar-refractivity contribution >= 4 is 21.6 Å². The van der Waals surface area contributed by atoms with Crippen molar-refractivity contribution in [2.75, 3.05) is 38.5 Å². The topological polar surface area (TPSA) is 82.9 Å². The molecule has 0 bridgehead atoms. The molecule has 1 aliphatic rings. The van der Waals surface area contributed by atoms with E-state index in [4.69, 9.17) is 4.42 Å². The van der Waals surface area contributed by atoms with Crippen LogP contribution in [0, 0.1) is 0 Å². The van der Waals surface area contributed by atoms with Crippen LogP contribution in [-0.2, 0) is 10.0 Å². The molecule has 1 aromatic heterocycles. The van der Waals surface area contributed by atoms with Gasteiger partial charge >= 0.3 is 0 Å². The molecule has 0 spiro atoms. The summed E-state index contributed by atoms with van der Waals surface area (Å²) in [6, 6.07) is 7.75. The Hall–Kier alpha value is -2.16. The predicted octanol–water partition coefficient (Wildman–Crippen LogP) is 1.47. The normalized spacial score (nSPS) is 16.9. The monoisotopic (exact) mass is 349 g/mol. The fourth-order valence-corrected chi connectivity index (χ4v) is 3.91. The number of likely N-dealkylation sites (N-methyl/N-ethyl adjacent to an activating group) is 1. The molecule has 0 atom stereocenters. The molecule has 24 heavy (non-hydrogen) atoms. The Morgan fingerprint density at radius 2 is 1.75 bits per heavy atom. The molecule has 1 N–H and O–H groups in total. The molecular formula is C16H19N3O4S. The summed E-state index contributed by atoms with van der Waals surface area (Å²) in [4.78, 5) is 14.3. The Morgan fingerprint density at radius 1 is 1.08 bits per heavy atom. The Morgan fingerprint density at radius 3 is 2.33 bits per heavy atom. The van der Waals surface area contributed by atoms with E-state index in [9.17, 15) is 13.2 Å². The van der Waals surface area contributed by atoms with Crippen LogP contribution in [0.5, 0.6) is 0 Å². The van der Waals surface area contributed by atoms with Crippen LogP contribution in [-0.4, -0.2) is 56.8 Å². The zero-order valence-electron chi connectivity index (χ0n) is 13.3. The fraction of sp³-hybridized carbons (Fsp3) is 0.312. The summed E-state index contributed by atoms with van der Waals surface area (Å²) in [5.41, 5.74) is 0.933. The Labute approximate surface area is 140 Å². The van der Waals surface area contributed by atoms with Crippen molar-refractivity contribution in [2.24, 2.45) is 0 Å². The van der Waals surface area contributed by atoms with E-state index >= 15 is 0 Å². The van der Waals surface area contributed by atoms with E-state index < -0.39 is 10.0 Å². The number of amides is 1. The van der Waals surface area contributed by atoms with E-state index in [0.717, 1.165) is 13.1 Å². The number of anilines is 1. The zero-order valence-corrected chi connectivity index (χ0v) is 14.1. The highest BCUT2D eigenvalue weighted by molar-refractivity contribution is 7.89. The molecule has 0 radical (unpaired) electrons. The van der Waals surface area contributed by atoms with Gasteiger partial charge in [0.15, 0.2) is 0 Å². The largest absolute Gasteiger partial charge is 0.472 e. The van der Waals surface area contributed by atoms with Crippen LogP contribution in [0.1, 0.15) is 10.4 Å². The number of piperazine rings is 1. The Kier molecular flexibility index (Phi) is 4.70. The fourth-order valence-electron chi connectivity index (χ4n) is 2.48. The van der Waals surface area contributed by atoms with E-state index in [2.05, 4.69) is 10.2 Å². The number of carbonyl (C=O) groups excluding carboxylic acids is 1. The molecular weight excluding hydrogens is 330 g/mol. The molecule has 2 heterocycles. The summed E-state index contributed by atoms with van der Waals surface area (Å²) in [6.07, 6.45) is 2.77. The molecule has 7 nitrogen and oxygen atoms in total. The lowest BCUT2D eigenvalue weighted by Gasteiger charge is -2.31. The first kappa shape index (κ1) is 16.7. The third kappa shape index (κ3) is 3.50. The van der Waals surface area contributed by atoms with Gasteiger partial charge in [0.2, 0.25) is 10.0 Å². The van der Waals surface area contributed by atoms with Crippen LogP contribution in [0.3, 0.4) is 0 Å². The van der Waals surface area contributed by atoms with Gasteiger partial charge < -0.3 is 14.6 Å². The van der Waals surface area contributed by atoms with Crippen LogP contribution in [0.25, 0.3) is 0 Å². The van der Waals surface area contributed by atoms with Gasteiger partial charge in [-0.3, -0.25) is 4.79 Å². The van der Waals surface area contributed by atoms with Crippen LogP contribution in [0.4, 0.5) is 5.69 Å². The van der Waals surface area contributed by atoms with Gasteiger partial charge in [-0.15, -0.1) is 0 Å². The highest BCUT2D eigenvalue weighted by atomic mass is 32.2. The van der Waals surface area contributed by atoms with Gasteiger partial charge in [0.05, 0.1) is 16.7 Å². The van der Waals surface area contributed by atoms with Crippen molar-refractivity contribution in [2.45, 2.75) is 4.90 Å². The number of carbonyl (C=O) groups is 1. The minimum absolute atomic E-state index is 0.230. The van der Waals surface area contributed by atoms with Crippen molar-refractivity contribution < 1.29 is 17.6 Å². The van der Waals surface area contributed by atoms with E-state index in [1.807, 2.05) is 7.05 Å². The van der Waals surface area contributed by atoms with Gasteiger partial charge in [0, 0.05) is 31.9 Å². The van der Waals surface area contributed by atoms with Gasteiger partial charge in [-0.1, -0.05) is 0 Å². The van der Waals surface area contributed by atoms with Crippen LogP contribution >= 0.6 is 0 Å². The van der Waals surface area contributed by atoms with Gasteiger partial charge in [0.1, 0.15) is 6.26 Å². The highest BCUT2D eigenvalue weighted by Crippen LogP contribution is 2.20. The second-order valence-corrected chi connectivity index (χ2v) is 7.64. The Balaban J connectivity index is 1.71. The van der Waals surface area contributed by atoms with E-state index in [-0.39, 0.29) is 10.8 Å². The second-order valence-electron chi connectivity index (χ2n) is 5.70. The summed E-state index contributed by atoms with van der Waals surface area (Å²) < 4.78 is 31.6. The maximum Gasteiger partial charge on any atom is 0.258 e. The molecule has 0 saturated carbocycles.